The van der Waals surface area contributed by atoms with Crippen molar-refractivity contribution in [1.29, 1.82) is 0 Å². The molecule has 72 valence electrons. The zero-order valence-electron chi connectivity index (χ0n) is 7.54. The molecule has 0 amide bonds. The highest BCUT2D eigenvalue weighted by Gasteiger charge is 2.00. The minimum atomic E-state index is 0. The molecule has 0 aliphatic carbocycles. The molecule has 0 bridgehead atoms. The van der Waals surface area contributed by atoms with Crippen LogP contribution in [-0.4, -0.2) is 30.6 Å². The Morgan fingerprint density at radius 2 is 1.55 bits per heavy atom. The van der Waals surface area contributed by atoms with E-state index in [0.717, 1.165) is 19.6 Å². The monoisotopic (exact) mass is 202 g/mol. The number of nitrogens with two attached hydrogens (primary N) is 1. The fraction of sp³-hybridized carbons (Fsp3) is 1.00. The van der Waals surface area contributed by atoms with Gasteiger partial charge in [0, 0.05) is 12.6 Å². The predicted octanol–water partition coefficient (Wildman–Crippen LogP) is 1.52. The van der Waals surface area contributed by atoms with Crippen LogP contribution in [0.15, 0.2) is 0 Å². The Bertz CT molecular complexity index is 65.5. The van der Waals surface area contributed by atoms with Gasteiger partial charge in [0.1, 0.15) is 0 Å². The molecule has 0 heterocycles. The lowest BCUT2D eigenvalue weighted by Crippen LogP contribution is -2.35. The zero-order valence-corrected chi connectivity index (χ0v) is 9.17. The third-order valence-corrected chi connectivity index (χ3v) is 1.44. The highest BCUT2D eigenvalue weighted by molar-refractivity contribution is 5.85. The van der Waals surface area contributed by atoms with Crippen molar-refractivity contribution in [3.8, 4) is 0 Å². The van der Waals surface area contributed by atoms with Gasteiger partial charge in [0.15, 0.2) is 0 Å². The molecule has 0 aliphatic heterocycles. The molecule has 0 radical (unpaired) electrons. The Hall–Kier alpha value is 0.500. The summed E-state index contributed by atoms with van der Waals surface area (Å²) in [5, 5.41) is 0. The summed E-state index contributed by atoms with van der Waals surface area (Å²) in [4.78, 5) is 2.32. The summed E-state index contributed by atoms with van der Waals surface area (Å²) in [6, 6.07) is 0.310. The molecule has 2 nitrogen and oxygen atoms in total. The van der Waals surface area contributed by atoms with E-state index in [2.05, 4.69) is 18.7 Å². The summed E-state index contributed by atoms with van der Waals surface area (Å²) in [6.45, 7) is 9.60. The second kappa shape index (κ2) is 10.5. The summed E-state index contributed by atoms with van der Waals surface area (Å²) in [5.41, 5.74) is 5.60. The molecule has 0 aromatic rings. The van der Waals surface area contributed by atoms with Crippen molar-refractivity contribution < 1.29 is 0 Å². The first-order valence-electron chi connectivity index (χ1n) is 3.68. The van der Waals surface area contributed by atoms with Gasteiger partial charge >= 0.3 is 0 Å². The first kappa shape index (κ1) is 17.5. The Morgan fingerprint density at radius 1 is 1.18 bits per heavy atom. The Balaban J connectivity index is -0.000000320. The molecule has 0 saturated carbocycles. The molecular formula is C7H20Cl2N2. The smallest absolute Gasteiger partial charge is 0.0139 e. The fourth-order valence-corrected chi connectivity index (χ4v) is 0.889. The average Bonchev–Trinajstić information content (AvgIpc) is 1.82. The van der Waals surface area contributed by atoms with Gasteiger partial charge in [-0.15, -0.1) is 24.8 Å². The van der Waals surface area contributed by atoms with Gasteiger partial charge in [-0.2, -0.15) is 0 Å². The van der Waals surface area contributed by atoms with Crippen molar-refractivity contribution in [2.75, 3.05) is 19.6 Å². The molecule has 4 heteroatoms. The van der Waals surface area contributed by atoms with Crippen molar-refractivity contribution in [3.05, 3.63) is 0 Å². The van der Waals surface area contributed by atoms with E-state index >= 15 is 0 Å². The minimum absolute atomic E-state index is 0. The van der Waals surface area contributed by atoms with Crippen LogP contribution >= 0.6 is 24.8 Å². The SMILES string of the molecule is CCN(CC)C[C@H](C)N.Cl.Cl. The lowest BCUT2D eigenvalue weighted by Gasteiger charge is -2.19. The molecule has 0 spiro atoms. The number of nitrogens with zero attached hydrogens (tertiary/aromatic N) is 1. The van der Waals surface area contributed by atoms with E-state index in [4.69, 9.17) is 5.73 Å². The molecule has 0 aliphatic rings. The highest BCUT2D eigenvalue weighted by atomic mass is 35.5. The van der Waals surface area contributed by atoms with Crippen LogP contribution in [0.1, 0.15) is 20.8 Å². The molecule has 1 atom stereocenters. The zero-order chi connectivity index (χ0) is 7.28. The van der Waals surface area contributed by atoms with Crippen molar-refractivity contribution in [2.24, 2.45) is 5.73 Å². The highest BCUT2D eigenvalue weighted by Crippen LogP contribution is 1.87. The number of likely N-dealkylation sites (N-methyl/N-ethyl adjacent to an activating group) is 1. The maximum atomic E-state index is 5.60. The minimum Gasteiger partial charge on any atom is -0.327 e. The van der Waals surface area contributed by atoms with Crippen LogP contribution in [-0.2, 0) is 0 Å². The maximum Gasteiger partial charge on any atom is 0.0139 e. The maximum absolute atomic E-state index is 5.60. The number of hydrogen-bond donors (Lipinski definition) is 1. The van der Waals surface area contributed by atoms with E-state index in [1.54, 1.807) is 0 Å². The van der Waals surface area contributed by atoms with E-state index in [1.807, 2.05) is 6.92 Å². The fourth-order valence-electron chi connectivity index (χ4n) is 0.889. The summed E-state index contributed by atoms with van der Waals surface area (Å²) in [6.07, 6.45) is 0. The summed E-state index contributed by atoms with van der Waals surface area (Å²) >= 11 is 0. The normalized spacial score (nSPS) is 11.7. The van der Waals surface area contributed by atoms with Crippen molar-refractivity contribution in [3.63, 3.8) is 0 Å². The van der Waals surface area contributed by atoms with Crippen LogP contribution in [0.4, 0.5) is 0 Å². The van der Waals surface area contributed by atoms with E-state index < -0.39 is 0 Å². The number of hydrogen-bond acceptors (Lipinski definition) is 2. The van der Waals surface area contributed by atoms with Crippen LogP contribution in [0.5, 0.6) is 0 Å². The van der Waals surface area contributed by atoms with Crippen LogP contribution in [0.3, 0.4) is 0 Å². The average molecular weight is 203 g/mol. The summed E-state index contributed by atoms with van der Waals surface area (Å²) in [5.74, 6) is 0. The lowest BCUT2D eigenvalue weighted by molar-refractivity contribution is 0.289. The van der Waals surface area contributed by atoms with Crippen molar-refractivity contribution >= 4 is 24.8 Å². The van der Waals surface area contributed by atoms with Gasteiger partial charge in [-0.05, 0) is 20.0 Å². The predicted molar refractivity (Wildman–Crippen MR) is 55.9 cm³/mol. The Morgan fingerprint density at radius 3 is 1.64 bits per heavy atom. The van der Waals surface area contributed by atoms with Gasteiger partial charge in [-0.25, -0.2) is 0 Å². The Kier molecular flexibility index (Phi) is 16.8. The third kappa shape index (κ3) is 10.5. The number of halogens is 2. The van der Waals surface area contributed by atoms with Crippen molar-refractivity contribution in [1.82, 2.24) is 4.90 Å². The second-order valence-corrected chi connectivity index (χ2v) is 2.46. The molecule has 2 N–H and O–H groups in total. The molecule has 0 aromatic heterocycles. The quantitative estimate of drug-likeness (QED) is 0.750. The van der Waals surface area contributed by atoms with Gasteiger partial charge < -0.3 is 10.6 Å². The molecule has 0 aromatic carbocycles. The van der Waals surface area contributed by atoms with Gasteiger partial charge in [0.2, 0.25) is 0 Å². The van der Waals surface area contributed by atoms with E-state index in [9.17, 15) is 0 Å². The van der Waals surface area contributed by atoms with E-state index in [1.165, 1.54) is 0 Å². The van der Waals surface area contributed by atoms with Gasteiger partial charge in [-0.1, -0.05) is 13.8 Å². The van der Waals surface area contributed by atoms with Gasteiger partial charge in [0.25, 0.3) is 0 Å². The standard InChI is InChI=1S/C7H18N2.2ClH/c1-4-9(5-2)6-7(3)8;;/h7H,4-6,8H2,1-3H3;2*1H/t7-;;/m0../s1. The second-order valence-electron chi connectivity index (χ2n) is 2.46. The first-order valence-corrected chi connectivity index (χ1v) is 3.68. The van der Waals surface area contributed by atoms with Crippen LogP contribution in [0.2, 0.25) is 0 Å². The first-order chi connectivity index (χ1) is 4.20. The van der Waals surface area contributed by atoms with Crippen molar-refractivity contribution in [2.45, 2.75) is 26.8 Å². The molecule has 11 heavy (non-hydrogen) atoms. The molecule has 0 saturated heterocycles. The lowest BCUT2D eigenvalue weighted by atomic mass is 10.3. The third-order valence-electron chi connectivity index (χ3n) is 1.44. The summed E-state index contributed by atoms with van der Waals surface area (Å²) < 4.78 is 0. The van der Waals surface area contributed by atoms with Crippen LogP contribution < -0.4 is 5.73 Å². The molecule has 0 unspecified atom stereocenters. The van der Waals surface area contributed by atoms with Gasteiger partial charge in [0.05, 0.1) is 0 Å². The van der Waals surface area contributed by atoms with E-state index in [0.29, 0.717) is 6.04 Å². The van der Waals surface area contributed by atoms with Crippen LogP contribution in [0, 0.1) is 0 Å². The molecular weight excluding hydrogens is 183 g/mol. The van der Waals surface area contributed by atoms with Crippen LogP contribution in [0.25, 0.3) is 0 Å². The van der Waals surface area contributed by atoms with Gasteiger partial charge in [-0.3, -0.25) is 0 Å². The number of rotatable bonds is 4. The largest absolute Gasteiger partial charge is 0.327 e. The summed E-state index contributed by atoms with van der Waals surface area (Å²) in [7, 11) is 0. The Labute approximate surface area is 82.3 Å². The topological polar surface area (TPSA) is 29.3 Å². The van der Waals surface area contributed by atoms with E-state index in [-0.39, 0.29) is 24.8 Å². The molecule has 0 rings (SSSR count). The molecule has 0 fully saturated rings.